The summed E-state index contributed by atoms with van der Waals surface area (Å²) in [4.78, 5) is 11.8. The molecule has 2 aliphatic heterocycles. The Kier molecular flexibility index (Phi) is 3.66. The SMILES string of the molecule is O=C1OC2(CCN(S(=O)(=O)c3ccccc3F)CC2)c2ccccc21. The van der Waals surface area contributed by atoms with Crippen molar-refractivity contribution in [3.8, 4) is 0 Å². The number of hydrogen-bond acceptors (Lipinski definition) is 4. The van der Waals surface area contributed by atoms with Crippen LogP contribution in [0, 0.1) is 5.82 Å². The number of rotatable bonds is 2. The molecule has 2 heterocycles. The molecule has 0 amide bonds. The van der Waals surface area contributed by atoms with E-state index in [0.29, 0.717) is 18.4 Å². The predicted molar refractivity (Wildman–Crippen MR) is 87.9 cm³/mol. The topological polar surface area (TPSA) is 63.7 Å². The van der Waals surface area contributed by atoms with Gasteiger partial charge in [-0.1, -0.05) is 30.3 Å². The van der Waals surface area contributed by atoms with E-state index in [2.05, 4.69) is 0 Å². The van der Waals surface area contributed by atoms with Gasteiger partial charge in [0, 0.05) is 31.5 Å². The maximum Gasteiger partial charge on any atom is 0.339 e. The lowest BCUT2D eigenvalue weighted by Gasteiger charge is -2.37. The van der Waals surface area contributed by atoms with Gasteiger partial charge in [0.05, 0.1) is 5.56 Å². The minimum absolute atomic E-state index is 0.165. The van der Waals surface area contributed by atoms with Crippen LogP contribution in [-0.2, 0) is 20.4 Å². The van der Waals surface area contributed by atoms with E-state index in [1.165, 1.54) is 22.5 Å². The molecule has 0 atom stereocenters. The van der Waals surface area contributed by atoms with Crippen molar-refractivity contribution in [1.29, 1.82) is 0 Å². The molecule has 4 rings (SSSR count). The Morgan fingerprint density at radius 3 is 2.36 bits per heavy atom. The van der Waals surface area contributed by atoms with Crippen LogP contribution in [0.15, 0.2) is 53.4 Å². The van der Waals surface area contributed by atoms with E-state index in [9.17, 15) is 17.6 Å². The van der Waals surface area contributed by atoms with Gasteiger partial charge in [0.15, 0.2) is 0 Å². The molecular weight excluding hydrogens is 345 g/mol. The fourth-order valence-electron chi connectivity index (χ4n) is 3.60. The quantitative estimate of drug-likeness (QED) is 0.772. The van der Waals surface area contributed by atoms with Crippen molar-refractivity contribution in [1.82, 2.24) is 4.31 Å². The molecule has 0 saturated carbocycles. The van der Waals surface area contributed by atoms with Gasteiger partial charge in [-0.25, -0.2) is 17.6 Å². The second kappa shape index (κ2) is 5.64. The maximum atomic E-state index is 13.9. The second-order valence-corrected chi connectivity index (χ2v) is 8.17. The Hall–Kier alpha value is -2.25. The van der Waals surface area contributed by atoms with Crippen molar-refractivity contribution in [3.05, 3.63) is 65.5 Å². The number of carbonyl (C=O) groups excluding carboxylic acids is 1. The molecule has 2 aromatic carbocycles. The highest BCUT2D eigenvalue weighted by atomic mass is 32.2. The summed E-state index contributed by atoms with van der Waals surface area (Å²) in [5.41, 5.74) is 0.561. The standard InChI is InChI=1S/C18H16FNO4S/c19-15-7-3-4-8-16(15)25(22,23)20-11-9-18(10-12-20)14-6-2-1-5-13(14)17(21)24-18/h1-8H,9-12H2. The van der Waals surface area contributed by atoms with E-state index in [1.807, 2.05) is 12.1 Å². The van der Waals surface area contributed by atoms with Gasteiger partial charge in [0.2, 0.25) is 10.0 Å². The largest absolute Gasteiger partial charge is 0.450 e. The zero-order chi connectivity index (χ0) is 17.7. The van der Waals surface area contributed by atoms with E-state index in [1.54, 1.807) is 12.1 Å². The van der Waals surface area contributed by atoms with Gasteiger partial charge >= 0.3 is 5.97 Å². The molecule has 1 saturated heterocycles. The number of carbonyl (C=O) groups is 1. The van der Waals surface area contributed by atoms with Gasteiger partial charge in [0.1, 0.15) is 16.3 Å². The van der Waals surface area contributed by atoms with Crippen LogP contribution >= 0.6 is 0 Å². The zero-order valence-corrected chi connectivity index (χ0v) is 14.1. The van der Waals surface area contributed by atoms with Crippen molar-refractivity contribution in [2.75, 3.05) is 13.1 Å². The summed E-state index contributed by atoms with van der Waals surface area (Å²) in [5, 5.41) is 0. The van der Waals surface area contributed by atoms with Crippen LogP contribution in [0.3, 0.4) is 0 Å². The lowest BCUT2D eigenvalue weighted by Crippen LogP contribution is -2.45. The minimum atomic E-state index is -3.91. The first-order valence-corrected chi connectivity index (χ1v) is 9.46. The third-order valence-corrected chi connectivity index (χ3v) is 6.84. The summed E-state index contributed by atoms with van der Waals surface area (Å²) in [6.07, 6.45) is 0.701. The monoisotopic (exact) mass is 361 g/mol. The normalized spacial score (nSPS) is 19.6. The Labute approximate surface area is 145 Å². The minimum Gasteiger partial charge on any atom is -0.450 e. The van der Waals surface area contributed by atoms with Crippen LogP contribution < -0.4 is 0 Å². The third kappa shape index (κ3) is 2.46. The van der Waals surface area contributed by atoms with Gasteiger partial charge in [-0.3, -0.25) is 0 Å². The van der Waals surface area contributed by atoms with Gasteiger partial charge < -0.3 is 4.74 Å². The van der Waals surface area contributed by atoms with E-state index in [0.717, 1.165) is 11.6 Å². The van der Waals surface area contributed by atoms with E-state index >= 15 is 0 Å². The van der Waals surface area contributed by atoms with Gasteiger partial charge in [-0.05, 0) is 18.2 Å². The molecule has 0 unspecified atom stereocenters. The highest BCUT2D eigenvalue weighted by Crippen LogP contribution is 2.44. The first kappa shape index (κ1) is 16.2. The van der Waals surface area contributed by atoms with E-state index in [4.69, 9.17) is 4.74 Å². The number of ether oxygens (including phenoxy) is 1. The van der Waals surface area contributed by atoms with Crippen LogP contribution in [0.25, 0.3) is 0 Å². The number of nitrogens with zero attached hydrogens (tertiary/aromatic N) is 1. The number of piperidine rings is 1. The Bertz CT molecular complexity index is 949. The molecule has 2 aliphatic rings. The first-order valence-electron chi connectivity index (χ1n) is 8.02. The molecule has 25 heavy (non-hydrogen) atoms. The Balaban J connectivity index is 1.61. The number of hydrogen-bond donors (Lipinski definition) is 0. The summed E-state index contributed by atoms with van der Waals surface area (Å²) in [6, 6.07) is 12.5. The van der Waals surface area contributed by atoms with Crippen molar-refractivity contribution < 1.29 is 22.3 Å². The van der Waals surface area contributed by atoms with Crippen molar-refractivity contribution in [3.63, 3.8) is 0 Å². The smallest absolute Gasteiger partial charge is 0.339 e. The number of fused-ring (bicyclic) bond motifs is 2. The van der Waals surface area contributed by atoms with E-state index < -0.39 is 21.4 Å². The lowest BCUT2D eigenvalue weighted by atomic mass is 9.84. The van der Waals surface area contributed by atoms with Gasteiger partial charge in [0.25, 0.3) is 0 Å². The molecule has 0 aromatic heterocycles. The van der Waals surface area contributed by atoms with Gasteiger partial charge in [-0.15, -0.1) is 0 Å². The fourth-order valence-corrected chi connectivity index (χ4v) is 5.10. The van der Waals surface area contributed by atoms with E-state index in [-0.39, 0.29) is 24.0 Å². The number of esters is 1. The third-order valence-electron chi connectivity index (χ3n) is 4.91. The van der Waals surface area contributed by atoms with Crippen molar-refractivity contribution >= 4 is 16.0 Å². The average Bonchev–Trinajstić information content (AvgIpc) is 2.88. The maximum absolute atomic E-state index is 13.9. The molecule has 2 aromatic rings. The molecule has 130 valence electrons. The molecule has 0 bridgehead atoms. The number of halogens is 1. The van der Waals surface area contributed by atoms with Crippen LogP contribution in [0.4, 0.5) is 4.39 Å². The molecule has 5 nitrogen and oxygen atoms in total. The summed E-state index contributed by atoms with van der Waals surface area (Å²) < 4.78 is 46.2. The molecular formula is C18H16FNO4S. The number of sulfonamides is 1. The fraction of sp³-hybridized carbons (Fsp3) is 0.278. The van der Waals surface area contributed by atoms with Crippen molar-refractivity contribution in [2.45, 2.75) is 23.3 Å². The molecule has 0 radical (unpaired) electrons. The highest BCUT2D eigenvalue weighted by molar-refractivity contribution is 7.89. The highest BCUT2D eigenvalue weighted by Gasteiger charge is 2.48. The van der Waals surface area contributed by atoms with Crippen LogP contribution in [-0.4, -0.2) is 31.8 Å². The van der Waals surface area contributed by atoms with Crippen molar-refractivity contribution in [2.24, 2.45) is 0 Å². The molecule has 0 aliphatic carbocycles. The summed E-state index contributed by atoms with van der Waals surface area (Å²) >= 11 is 0. The predicted octanol–water partition coefficient (Wildman–Crippen LogP) is 2.68. The number of benzene rings is 2. The summed E-state index contributed by atoms with van der Waals surface area (Å²) in [7, 11) is -3.91. The van der Waals surface area contributed by atoms with Crippen LogP contribution in [0.5, 0.6) is 0 Å². The molecule has 1 fully saturated rings. The zero-order valence-electron chi connectivity index (χ0n) is 13.3. The van der Waals surface area contributed by atoms with Crippen LogP contribution in [0.1, 0.15) is 28.8 Å². The second-order valence-electron chi connectivity index (χ2n) is 6.26. The summed E-state index contributed by atoms with van der Waals surface area (Å²) in [6.45, 7) is 0.330. The molecule has 0 N–H and O–H groups in total. The average molecular weight is 361 g/mol. The lowest BCUT2D eigenvalue weighted by molar-refractivity contribution is -0.0329. The first-order chi connectivity index (χ1) is 11.9. The van der Waals surface area contributed by atoms with Crippen LogP contribution in [0.2, 0.25) is 0 Å². The Morgan fingerprint density at radius 1 is 1.00 bits per heavy atom. The summed E-state index contributed by atoms with van der Waals surface area (Å²) in [5.74, 6) is -1.14. The Morgan fingerprint density at radius 2 is 1.64 bits per heavy atom. The molecule has 7 heteroatoms. The van der Waals surface area contributed by atoms with Gasteiger partial charge in [-0.2, -0.15) is 4.31 Å². The molecule has 1 spiro atoms.